The van der Waals surface area contributed by atoms with E-state index in [-0.39, 0.29) is 31.6 Å². The normalized spacial score (nSPS) is 12.7. The Morgan fingerprint density at radius 1 is 0.379 bits per heavy atom. The van der Waals surface area contributed by atoms with E-state index >= 15 is 0 Å². The van der Waals surface area contributed by atoms with Crippen molar-refractivity contribution in [3.8, 4) is 0 Å². The van der Waals surface area contributed by atoms with Gasteiger partial charge in [-0.2, -0.15) is 0 Å². The zero-order valence-electron chi connectivity index (χ0n) is 37.8. The van der Waals surface area contributed by atoms with E-state index in [9.17, 15) is 14.4 Å². The molecule has 0 aliphatic rings. The first-order valence-corrected chi connectivity index (χ1v) is 23.9. The predicted molar refractivity (Wildman–Crippen MR) is 247 cm³/mol. The molecule has 58 heavy (non-hydrogen) atoms. The quantitative estimate of drug-likeness (QED) is 0.0264. The van der Waals surface area contributed by atoms with Gasteiger partial charge in [-0.15, -0.1) is 0 Å². The Labute approximate surface area is 357 Å². The average molecular weight is 809 g/mol. The molecular formula is C52H88O6. The number of unbranched alkanes of at least 4 members (excludes halogenated alkanes) is 20. The maximum absolute atomic E-state index is 12.7. The molecule has 6 heteroatoms. The molecule has 1 atom stereocenters. The van der Waals surface area contributed by atoms with Crippen LogP contribution in [0.1, 0.15) is 220 Å². The van der Waals surface area contributed by atoms with E-state index in [0.717, 1.165) is 77.0 Å². The van der Waals surface area contributed by atoms with Gasteiger partial charge in [0, 0.05) is 12.8 Å². The van der Waals surface area contributed by atoms with E-state index in [4.69, 9.17) is 14.2 Å². The summed E-state index contributed by atoms with van der Waals surface area (Å²) in [7, 11) is 0. The van der Waals surface area contributed by atoms with Crippen LogP contribution in [0, 0.1) is 0 Å². The van der Waals surface area contributed by atoms with Crippen LogP contribution in [0.15, 0.2) is 72.9 Å². The molecule has 0 N–H and O–H groups in total. The summed E-state index contributed by atoms with van der Waals surface area (Å²) in [5.74, 6) is -1.04. The van der Waals surface area contributed by atoms with E-state index < -0.39 is 12.1 Å². The SMILES string of the molecule is CC/C=C\C/C=C\C/C=C\CCCCCCCCCCCC(=O)OCC(COC(=O)C/C=C\C/C=C\C/C=C\CC)OC(=O)CCCCCCCCCCCCCC. The minimum Gasteiger partial charge on any atom is -0.462 e. The van der Waals surface area contributed by atoms with Gasteiger partial charge in [-0.1, -0.05) is 209 Å². The lowest BCUT2D eigenvalue weighted by Crippen LogP contribution is -2.30. The molecule has 0 rings (SSSR count). The van der Waals surface area contributed by atoms with E-state index in [1.807, 2.05) is 6.08 Å². The van der Waals surface area contributed by atoms with Gasteiger partial charge in [0.15, 0.2) is 6.10 Å². The summed E-state index contributed by atoms with van der Waals surface area (Å²) in [4.78, 5) is 37.7. The van der Waals surface area contributed by atoms with Crippen LogP contribution < -0.4 is 0 Å². The van der Waals surface area contributed by atoms with Crippen molar-refractivity contribution < 1.29 is 28.6 Å². The Morgan fingerprint density at radius 2 is 0.741 bits per heavy atom. The molecule has 0 aromatic rings. The number of hydrogen-bond acceptors (Lipinski definition) is 6. The monoisotopic (exact) mass is 809 g/mol. The summed E-state index contributed by atoms with van der Waals surface area (Å²) in [5.41, 5.74) is 0. The highest BCUT2D eigenvalue weighted by atomic mass is 16.6. The van der Waals surface area contributed by atoms with Gasteiger partial charge >= 0.3 is 17.9 Å². The van der Waals surface area contributed by atoms with Gasteiger partial charge in [-0.25, -0.2) is 0 Å². The Hall–Kier alpha value is -3.15. The van der Waals surface area contributed by atoms with Crippen LogP contribution >= 0.6 is 0 Å². The largest absolute Gasteiger partial charge is 0.462 e. The molecule has 0 aromatic heterocycles. The van der Waals surface area contributed by atoms with Crippen molar-refractivity contribution in [2.75, 3.05) is 13.2 Å². The number of esters is 3. The summed E-state index contributed by atoms with van der Waals surface area (Å²) >= 11 is 0. The second-order valence-electron chi connectivity index (χ2n) is 15.6. The van der Waals surface area contributed by atoms with E-state index in [1.165, 1.54) is 103 Å². The number of allylic oxidation sites excluding steroid dienone is 11. The van der Waals surface area contributed by atoms with Crippen LogP contribution in [0.5, 0.6) is 0 Å². The first-order chi connectivity index (χ1) is 28.5. The third-order valence-corrected chi connectivity index (χ3v) is 9.99. The van der Waals surface area contributed by atoms with Gasteiger partial charge in [0.2, 0.25) is 0 Å². The molecule has 0 bridgehead atoms. The summed E-state index contributed by atoms with van der Waals surface area (Å²) in [5, 5.41) is 0. The van der Waals surface area contributed by atoms with Gasteiger partial charge in [-0.3, -0.25) is 14.4 Å². The summed E-state index contributed by atoms with van der Waals surface area (Å²) in [6, 6.07) is 0. The molecule has 6 nitrogen and oxygen atoms in total. The number of carbonyl (C=O) groups is 3. The lowest BCUT2D eigenvalue weighted by molar-refractivity contribution is -0.166. The molecule has 0 saturated carbocycles. The van der Waals surface area contributed by atoms with Crippen LogP contribution in [0.25, 0.3) is 0 Å². The molecule has 0 amide bonds. The maximum Gasteiger partial charge on any atom is 0.309 e. The zero-order chi connectivity index (χ0) is 42.3. The summed E-state index contributed by atoms with van der Waals surface area (Å²) in [6.07, 6.45) is 57.8. The first kappa shape index (κ1) is 54.9. The molecule has 0 fully saturated rings. The second-order valence-corrected chi connectivity index (χ2v) is 15.6. The van der Waals surface area contributed by atoms with Crippen LogP contribution in [0.4, 0.5) is 0 Å². The van der Waals surface area contributed by atoms with Crippen molar-refractivity contribution in [2.45, 2.75) is 226 Å². The highest BCUT2D eigenvalue weighted by Crippen LogP contribution is 2.15. The van der Waals surface area contributed by atoms with Gasteiger partial charge in [0.25, 0.3) is 0 Å². The molecule has 0 aliphatic heterocycles. The first-order valence-electron chi connectivity index (χ1n) is 23.9. The third kappa shape index (κ3) is 44.0. The Balaban J connectivity index is 4.35. The minimum atomic E-state index is -0.808. The fraction of sp³-hybridized carbons (Fsp3) is 0.712. The Kier molecular flexibility index (Phi) is 44.0. The lowest BCUT2D eigenvalue weighted by Gasteiger charge is -2.18. The van der Waals surface area contributed by atoms with Gasteiger partial charge in [-0.05, 0) is 64.2 Å². The van der Waals surface area contributed by atoms with E-state index in [1.54, 1.807) is 6.08 Å². The maximum atomic E-state index is 12.7. The number of ether oxygens (including phenoxy) is 3. The standard InChI is InChI=1S/C52H88O6/c1-4-7-10-13-16-19-21-23-24-25-26-27-28-29-31-33-36-39-42-45-51(54)57-48-49(47-56-50(53)44-41-38-35-32-18-15-12-9-6-3)58-52(55)46-43-40-37-34-30-22-20-17-14-11-8-5-2/h7,9-10,12,16,18-19,23-24,32,38,41,49H,4-6,8,11,13-15,17,20-22,25-31,33-37,39-40,42-48H2,1-3H3/b10-7-,12-9-,19-16-,24-23-,32-18-,41-38-. The highest BCUT2D eigenvalue weighted by molar-refractivity contribution is 5.72. The van der Waals surface area contributed by atoms with Gasteiger partial charge in [0.05, 0.1) is 6.42 Å². The van der Waals surface area contributed by atoms with Gasteiger partial charge < -0.3 is 14.2 Å². The number of hydrogen-bond donors (Lipinski definition) is 0. The van der Waals surface area contributed by atoms with Crippen LogP contribution in [0.2, 0.25) is 0 Å². The molecule has 1 unspecified atom stereocenters. The molecule has 0 heterocycles. The third-order valence-electron chi connectivity index (χ3n) is 9.99. The predicted octanol–water partition coefficient (Wildman–Crippen LogP) is 15.5. The molecule has 0 aromatic carbocycles. The Bertz CT molecular complexity index is 1110. The smallest absolute Gasteiger partial charge is 0.309 e. The molecule has 332 valence electrons. The van der Waals surface area contributed by atoms with Crippen molar-refractivity contribution >= 4 is 17.9 Å². The Morgan fingerprint density at radius 3 is 1.21 bits per heavy atom. The van der Waals surface area contributed by atoms with E-state index in [0.29, 0.717) is 12.8 Å². The highest BCUT2D eigenvalue weighted by Gasteiger charge is 2.19. The van der Waals surface area contributed by atoms with Crippen molar-refractivity contribution in [1.29, 1.82) is 0 Å². The number of carbonyl (C=O) groups excluding carboxylic acids is 3. The van der Waals surface area contributed by atoms with Crippen LogP contribution in [0.3, 0.4) is 0 Å². The minimum absolute atomic E-state index is 0.104. The zero-order valence-corrected chi connectivity index (χ0v) is 37.8. The van der Waals surface area contributed by atoms with Crippen molar-refractivity contribution in [1.82, 2.24) is 0 Å². The van der Waals surface area contributed by atoms with Crippen molar-refractivity contribution in [3.05, 3.63) is 72.9 Å². The molecule has 0 aliphatic carbocycles. The fourth-order valence-corrected chi connectivity index (χ4v) is 6.46. The summed E-state index contributed by atoms with van der Waals surface area (Å²) in [6.45, 7) is 6.30. The van der Waals surface area contributed by atoms with Crippen LogP contribution in [-0.2, 0) is 28.6 Å². The molecular weight excluding hydrogens is 721 g/mol. The molecule has 0 spiro atoms. The second kappa shape index (κ2) is 46.5. The molecule has 0 saturated heterocycles. The molecule has 0 radical (unpaired) electrons. The topological polar surface area (TPSA) is 78.9 Å². The summed E-state index contributed by atoms with van der Waals surface area (Å²) < 4.78 is 16.6. The van der Waals surface area contributed by atoms with Gasteiger partial charge in [0.1, 0.15) is 13.2 Å². The van der Waals surface area contributed by atoms with Crippen molar-refractivity contribution in [3.63, 3.8) is 0 Å². The van der Waals surface area contributed by atoms with E-state index in [2.05, 4.69) is 81.5 Å². The average Bonchev–Trinajstić information content (AvgIpc) is 3.22. The van der Waals surface area contributed by atoms with Crippen LogP contribution in [-0.4, -0.2) is 37.2 Å². The number of rotatable bonds is 42. The van der Waals surface area contributed by atoms with Crippen molar-refractivity contribution in [2.24, 2.45) is 0 Å². The lowest BCUT2D eigenvalue weighted by atomic mass is 10.0. The fourth-order valence-electron chi connectivity index (χ4n) is 6.46.